The summed E-state index contributed by atoms with van der Waals surface area (Å²) in [7, 11) is 4.64. The lowest BCUT2D eigenvalue weighted by Gasteiger charge is -2.13. The number of nitrogens with zero attached hydrogens (tertiary/aromatic N) is 2. The van der Waals surface area contributed by atoms with Gasteiger partial charge in [-0.3, -0.25) is 4.79 Å². The number of carbonyl (C=O) groups excluding carboxylic acids is 1. The number of benzene rings is 2. The number of hydrazone groups is 1. The zero-order valence-electron chi connectivity index (χ0n) is 14.2. The molecule has 6 heteroatoms. The third-order valence-corrected chi connectivity index (χ3v) is 3.76. The van der Waals surface area contributed by atoms with Gasteiger partial charge in [-0.2, -0.15) is 10.1 Å². The van der Waals surface area contributed by atoms with Gasteiger partial charge in [0.25, 0.3) is 5.91 Å². The van der Waals surface area contributed by atoms with Crippen molar-refractivity contribution in [2.24, 2.45) is 5.10 Å². The molecule has 1 aliphatic rings. The molecule has 25 heavy (non-hydrogen) atoms. The van der Waals surface area contributed by atoms with Gasteiger partial charge >= 0.3 is 0 Å². The van der Waals surface area contributed by atoms with Crippen LogP contribution in [0.15, 0.2) is 53.1 Å². The summed E-state index contributed by atoms with van der Waals surface area (Å²) in [5, 5.41) is 5.55. The van der Waals surface area contributed by atoms with Gasteiger partial charge in [-0.25, -0.2) is 0 Å². The molecule has 0 N–H and O–H groups in total. The van der Waals surface area contributed by atoms with Crippen molar-refractivity contribution in [2.45, 2.75) is 0 Å². The summed E-state index contributed by atoms with van der Waals surface area (Å²) < 4.78 is 16.0. The first-order valence-electron chi connectivity index (χ1n) is 7.63. The van der Waals surface area contributed by atoms with Crippen molar-refractivity contribution < 1.29 is 19.0 Å². The molecular weight excluding hydrogens is 320 g/mol. The number of ether oxygens (including phenoxy) is 3. The molecule has 6 nitrogen and oxygen atoms in total. The summed E-state index contributed by atoms with van der Waals surface area (Å²) in [6, 6.07) is 12.8. The maximum absolute atomic E-state index is 12.6. The molecule has 0 atom stereocenters. The van der Waals surface area contributed by atoms with Crippen molar-refractivity contribution >= 4 is 23.9 Å². The van der Waals surface area contributed by atoms with Crippen LogP contribution >= 0.6 is 0 Å². The Morgan fingerprint density at radius 1 is 0.960 bits per heavy atom. The Morgan fingerprint density at radius 2 is 1.60 bits per heavy atom. The lowest BCUT2D eigenvalue weighted by Crippen LogP contribution is -2.20. The van der Waals surface area contributed by atoms with E-state index in [2.05, 4.69) is 5.10 Å². The van der Waals surface area contributed by atoms with E-state index in [1.807, 2.05) is 30.3 Å². The topological polar surface area (TPSA) is 60.4 Å². The van der Waals surface area contributed by atoms with Crippen LogP contribution in [0.5, 0.6) is 17.2 Å². The van der Waals surface area contributed by atoms with E-state index in [0.717, 1.165) is 11.3 Å². The van der Waals surface area contributed by atoms with Gasteiger partial charge in [0.05, 0.1) is 38.8 Å². The first-order chi connectivity index (χ1) is 12.2. The van der Waals surface area contributed by atoms with Crippen molar-refractivity contribution in [3.05, 3.63) is 53.6 Å². The van der Waals surface area contributed by atoms with E-state index in [1.54, 1.807) is 45.8 Å². The van der Waals surface area contributed by atoms with Crippen LogP contribution in [0.4, 0.5) is 5.69 Å². The number of rotatable bonds is 5. The van der Waals surface area contributed by atoms with Crippen molar-refractivity contribution in [3.63, 3.8) is 0 Å². The lowest BCUT2D eigenvalue weighted by atomic mass is 10.1. The Morgan fingerprint density at radius 3 is 2.16 bits per heavy atom. The number of carbonyl (C=O) groups is 1. The lowest BCUT2D eigenvalue weighted by molar-refractivity contribution is -0.114. The van der Waals surface area contributed by atoms with Crippen LogP contribution in [0.2, 0.25) is 0 Å². The van der Waals surface area contributed by atoms with Gasteiger partial charge in [0, 0.05) is 0 Å². The highest BCUT2D eigenvalue weighted by atomic mass is 16.5. The van der Waals surface area contributed by atoms with Gasteiger partial charge in [0.2, 0.25) is 5.75 Å². The largest absolute Gasteiger partial charge is 0.493 e. The van der Waals surface area contributed by atoms with E-state index in [9.17, 15) is 4.79 Å². The average Bonchev–Trinajstić information content (AvgIpc) is 3.02. The predicted octanol–water partition coefficient (Wildman–Crippen LogP) is 3.13. The molecule has 0 saturated heterocycles. The third kappa shape index (κ3) is 3.19. The third-order valence-electron chi connectivity index (χ3n) is 3.76. The van der Waals surface area contributed by atoms with Crippen molar-refractivity contribution in [1.82, 2.24) is 0 Å². The van der Waals surface area contributed by atoms with Crippen molar-refractivity contribution in [3.8, 4) is 17.2 Å². The minimum atomic E-state index is -0.194. The highest BCUT2D eigenvalue weighted by Crippen LogP contribution is 2.38. The number of hydrogen-bond acceptors (Lipinski definition) is 5. The maximum Gasteiger partial charge on any atom is 0.280 e. The van der Waals surface area contributed by atoms with Gasteiger partial charge in [0.1, 0.15) is 0 Å². The zero-order chi connectivity index (χ0) is 17.8. The van der Waals surface area contributed by atoms with Crippen LogP contribution in [-0.4, -0.2) is 33.5 Å². The number of anilines is 1. The maximum atomic E-state index is 12.6. The second kappa shape index (κ2) is 7.09. The van der Waals surface area contributed by atoms with E-state index in [4.69, 9.17) is 14.2 Å². The summed E-state index contributed by atoms with van der Waals surface area (Å²) in [5.41, 5.74) is 1.94. The number of hydrogen-bond donors (Lipinski definition) is 0. The summed E-state index contributed by atoms with van der Waals surface area (Å²) >= 11 is 0. The molecule has 0 spiro atoms. The summed E-state index contributed by atoms with van der Waals surface area (Å²) in [6.07, 6.45) is 3.28. The van der Waals surface area contributed by atoms with Gasteiger partial charge in [-0.05, 0) is 35.9 Å². The molecule has 3 rings (SSSR count). The standard InChI is InChI=1S/C19H18N2O4/c1-23-16-10-13(11-17(24-2)18(16)25-3)9-14-12-20-21(19(14)22)15-7-5-4-6-8-15/h4-12H,1-3H3/b14-9-. The van der Waals surface area contributed by atoms with Crippen LogP contribution in [0.25, 0.3) is 6.08 Å². The van der Waals surface area contributed by atoms with Gasteiger partial charge in [0.15, 0.2) is 11.5 Å². The van der Waals surface area contributed by atoms with E-state index < -0.39 is 0 Å². The fraction of sp³-hybridized carbons (Fsp3) is 0.158. The fourth-order valence-electron chi connectivity index (χ4n) is 2.57. The normalized spacial score (nSPS) is 14.9. The molecule has 2 aromatic carbocycles. The zero-order valence-corrected chi connectivity index (χ0v) is 14.2. The molecular formula is C19H18N2O4. The Bertz CT molecular complexity index is 819. The molecule has 0 radical (unpaired) electrons. The molecule has 0 unspecified atom stereocenters. The smallest absolute Gasteiger partial charge is 0.280 e. The van der Waals surface area contributed by atoms with Crippen LogP contribution in [0, 0.1) is 0 Å². The SMILES string of the molecule is COc1cc(/C=C2/C=NN(c3ccccc3)C2=O)cc(OC)c1OC. The minimum Gasteiger partial charge on any atom is -0.493 e. The first-order valence-corrected chi connectivity index (χ1v) is 7.63. The number of para-hydroxylation sites is 1. The Hall–Kier alpha value is -3.28. The molecule has 0 aromatic heterocycles. The summed E-state index contributed by atoms with van der Waals surface area (Å²) in [6.45, 7) is 0. The highest BCUT2D eigenvalue weighted by Gasteiger charge is 2.24. The Balaban J connectivity index is 1.94. The predicted molar refractivity (Wildman–Crippen MR) is 96.5 cm³/mol. The molecule has 0 bridgehead atoms. The number of amides is 1. The van der Waals surface area contributed by atoms with E-state index in [1.165, 1.54) is 5.01 Å². The number of methoxy groups -OCH3 is 3. The van der Waals surface area contributed by atoms with Gasteiger partial charge in [-0.1, -0.05) is 18.2 Å². The van der Waals surface area contributed by atoms with Crippen LogP contribution in [0.3, 0.4) is 0 Å². The van der Waals surface area contributed by atoms with Gasteiger partial charge in [-0.15, -0.1) is 0 Å². The molecule has 0 saturated carbocycles. The monoisotopic (exact) mass is 338 g/mol. The molecule has 0 fully saturated rings. The van der Waals surface area contributed by atoms with E-state index in [-0.39, 0.29) is 5.91 Å². The molecule has 1 aliphatic heterocycles. The quantitative estimate of drug-likeness (QED) is 0.786. The van der Waals surface area contributed by atoms with Crippen molar-refractivity contribution in [1.29, 1.82) is 0 Å². The van der Waals surface area contributed by atoms with E-state index >= 15 is 0 Å². The first kappa shape index (κ1) is 16.6. The van der Waals surface area contributed by atoms with Crippen LogP contribution < -0.4 is 19.2 Å². The van der Waals surface area contributed by atoms with Crippen LogP contribution in [-0.2, 0) is 4.79 Å². The highest BCUT2D eigenvalue weighted by molar-refractivity contribution is 6.25. The van der Waals surface area contributed by atoms with E-state index in [0.29, 0.717) is 22.8 Å². The minimum absolute atomic E-state index is 0.194. The Labute approximate surface area is 145 Å². The summed E-state index contributed by atoms with van der Waals surface area (Å²) in [5.74, 6) is 1.36. The molecule has 2 aromatic rings. The van der Waals surface area contributed by atoms with Crippen molar-refractivity contribution in [2.75, 3.05) is 26.3 Å². The van der Waals surface area contributed by atoms with Crippen LogP contribution in [0.1, 0.15) is 5.56 Å². The Kier molecular flexibility index (Phi) is 4.70. The second-order valence-electron chi connectivity index (χ2n) is 5.26. The molecule has 0 aliphatic carbocycles. The average molecular weight is 338 g/mol. The molecule has 128 valence electrons. The van der Waals surface area contributed by atoms with Gasteiger partial charge < -0.3 is 14.2 Å². The summed E-state index contributed by atoms with van der Waals surface area (Å²) in [4.78, 5) is 12.6. The second-order valence-corrected chi connectivity index (χ2v) is 5.26. The fourth-order valence-corrected chi connectivity index (χ4v) is 2.57. The molecule has 1 amide bonds. The molecule has 1 heterocycles.